The van der Waals surface area contributed by atoms with E-state index in [1.54, 1.807) is 23.6 Å². The number of carbonyl (C=O) groups is 1. The number of imidazole rings is 1. The molecule has 0 saturated carbocycles. The molecule has 0 radical (unpaired) electrons. The molecule has 0 amide bonds. The van der Waals surface area contributed by atoms with Crippen LogP contribution in [0.2, 0.25) is 0 Å². The molecular weight excluding hydrogens is 288 g/mol. The van der Waals surface area contributed by atoms with Crippen LogP contribution in [0.1, 0.15) is 23.1 Å². The Bertz CT molecular complexity index is 565. The number of hydrogen-bond acceptors (Lipinski definition) is 4. The number of aromatic nitrogens is 2. The van der Waals surface area contributed by atoms with Crippen LogP contribution in [0.25, 0.3) is 5.65 Å². The summed E-state index contributed by atoms with van der Waals surface area (Å²) < 4.78 is 7.32. The number of pyridine rings is 1. The lowest BCUT2D eigenvalue weighted by Gasteiger charge is -2.01. The maximum Gasteiger partial charge on any atom is 0.358 e. The highest BCUT2D eigenvalue weighted by atomic mass is 79.9. The normalized spacial score (nSPS) is 10.8. The number of aliphatic hydroxyl groups excluding tert-OH is 1. The van der Waals surface area contributed by atoms with E-state index in [1.807, 2.05) is 6.07 Å². The van der Waals surface area contributed by atoms with Crippen LogP contribution in [0.15, 0.2) is 22.8 Å². The van der Waals surface area contributed by atoms with Crippen LogP contribution in [0.5, 0.6) is 0 Å². The average Bonchev–Trinajstić information content (AvgIpc) is 2.69. The van der Waals surface area contributed by atoms with Crippen LogP contribution in [0, 0.1) is 0 Å². The number of halogens is 1. The van der Waals surface area contributed by atoms with Gasteiger partial charge in [-0.15, -0.1) is 0 Å². The number of aliphatic hydroxyl groups is 1. The van der Waals surface area contributed by atoms with Crippen molar-refractivity contribution in [1.82, 2.24) is 9.38 Å². The van der Waals surface area contributed by atoms with Crippen molar-refractivity contribution in [3.8, 4) is 0 Å². The first-order valence-corrected chi connectivity index (χ1v) is 5.91. The molecule has 6 heteroatoms. The smallest absolute Gasteiger partial charge is 0.358 e. The second-order valence-electron chi connectivity index (χ2n) is 3.34. The molecule has 0 aromatic carbocycles. The zero-order valence-electron chi connectivity index (χ0n) is 9.18. The van der Waals surface area contributed by atoms with Crippen molar-refractivity contribution in [1.29, 1.82) is 0 Å². The molecule has 1 N–H and O–H groups in total. The average molecular weight is 299 g/mol. The number of hydrogen-bond donors (Lipinski definition) is 1. The van der Waals surface area contributed by atoms with Gasteiger partial charge in [-0.1, -0.05) is 0 Å². The Balaban J connectivity index is 2.63. The second-order valence-corrected chi connectivity index (χ2v) is 4.19. The molecule has 0 atom stereocenters. The molecule has 0 aliphatic rings. The Hall–Kier alpha value is -1.40. The molecule has 17 heavy (non-hydrogen) atoms. The number of rotatable bonds is 3. The van der Waals surface area contributed by atoms with Gasteiger partial charge in [0, 0.05) is 6.20 Å². The van der Waals surface area contributed by atoms with Crippen molar-refractivity contribution < 1.29 is 14.6 Å². The lowest BCUT2D eigenvalue weighted by Crippen LogP contribution is -2.08. The summed E-state index contributed by atoms with van der Waals surface area (Å²) in [6.07, 6.45) is 1.74. The van der Waals surface area contributed by atoms with Crippen molar-refractivity contribution in [3.05, 3.63) is 34.2 Å². The van der Waals surface area contributed by atoms with Gasteiger partial charge in [-0.3, -0.25) is 4.40 Å². The van der Waals surface area contributed by atoms with Crippen molar-refractivity contribution >= 4 is 27.5 Å². The first-order valence-electron chi connectivity index (χ1n) is 5.12. The summed E-state index contributed by atoms with van der Waals surface area (Å²) in [6.45, 7) is 1.73. The maximum absolute atomic E-state index is 11.7. The molecule has 2 rings (SSSR count). The largest absolute Gasteiger partial charge is 0.461 e. The molecule has 0 fully saturated rings. The maximum atomic E-state index is 11.7. The van der Waals surface area contributed by atoms with Gasteiger partial charge in [-0.25, -0.2) is 9.78 Å². The molecule has 5 nitrogen and oxygen atoms in total. The molecule has 0 saturated heterocycles. The van der Waals surface area contributed by atoms with Crippen LogP contribution in [0.4, 0.5) is 0 Å². The predicted molar refractivity (Wildman–Crippen MR) is 64.8 cm³/mol. The van der Waals surface area contributed by atoms with E-state index in [0.717, 1.165) is 4.47 Å². The van der Waals surface area contributed by atoms with E-state index in [9.17, 15) is 9.90 Å². The Morgan fingerprint density at radius 1 is 1.65 bits per heavy atom. The third-order valence-corrected chi connectivity index (χ3v) is 2.94. The number of fused-ring (bicyclic) bond motifs is 1. The molecule has 0 spiro atoms. The number of ether oxygens (including phenoxy) is 1. The highest BCUT2D eigenvalue weighted by molar-refractivity contribution is 9.10. The van der Waals surface area contributed by atoms with Crippen molar-refractivity contribution in [2.45, 2.75) is 13.5 Å². The molecule has 90 valence electrons. The van der Waals surface area contributed by atoms with E-state index in [2.05, 4.69) is 20.9 Å². The standard InChI is InChI=1S/C11H11BrN2O3/c1-2-17-11(16)9-8(6-15)14-5-3-4-7(12)10(14)13-9/h3-5,15H,2,6H2,1H3. The van der Waals surface area contributed by atoms with Crippen LogP contribution < -0.4 is 0 Å². The molecular formula is C11H11BrN2O3. The fourth-order valence-corrected chi connectivity index (χ4v) is 2.03. The lowest BCUT2D eigenvalue weighted by molar-refractivity contribution is 0.0516. The van der Waals surface area contributed by atoms with Crippen molar-refractivity contribution in [3.63, 3.8) is 0 Å². The summed E-state index contributed by atoms with van der Waals surface area (Å²) in [5.74, 6) is -0.521. The molecule has 2 aromatic heterocycles. The third kappa shape index (κ3) is 2.05. The van der Waals surface area contributed by atoms with Gasteiger partial charge in [0.1, 0.15) is 0 Å². The Morgan fingerprint density at radius 3 is 3.06 bits per heavy atom. The molecule has 0 unspecified atom stereocenters. The summed E-state index contributed by atoms with van der Waals surface area (Å²) in [6, 6.07) is 3.62. The van der Waals surface area contributed by atoms with Gasteiger partial charge < -0.3 is 9.84 Å². The monoisotopic (exact) mass is 298 g/mol. The van der Waals surface area contributed by atoms with Crippen LogP contribution in [0.3, 0.4) is 0 Å². The van der Waals surface area contributed by atoms with Gasteiger partial charge in [0.2, 0.25) is 0 Å². The van der Waals surface area contributed by atoms with Gasteiger partial charge >= 0.3 is 5.97 Å². The third-order valence-electron chi connectivity index (χ3n) is 2.32. The van der Waals surface area contributed by atoms with Gasteiger partial charge in [0.15, 0.2) is 11.3 Å². The quantitative estimate of drug-likeness (QED) is 0.877. The minimum Gasteiger partial charge on any atom is -0.461 e. The number of esters is 1. The molecule has 2 aromatic rings. The molecule has 2 heterocycles. The van der Waals surface area contributed by atoms with E-state index >= 15 is 0 Å². The summed E-state index contributed by atoms with van der Waals surface area (Å²) in [4.78, 5) is 15.9. The SMILES string of the molecule is CCOC(=O)c1nc2c(Br)cccn2c1CO. The van der Waals surface area contributed by atoms with E-state index in [-0.39, 0.29) is 18.9 Å². The fraction of sp³-hybridized carbons (Fsp3) is 0.273. The first kappa shape index (κ1) is 12.1. The first-order chi connectivity index (χ1) is 8.19. The van der Waals surface area contributed by atoms with Crippen LogP contribution >= 0.6 is 15.9 Å². The highest BCUT2D eigenvalue weighted by Gasteiger charge is 2.20. The second kappa shape index (κ2) is 4.85. The van der Waals surface area contributed by atoms with Gasteiger partial charge in [0.25, 0.3) is 0 Å². The number of nitrogens with zero attached hydrogens (tertiary/aromatic N) is 2. The van der Waals surface area contributed by atoms with E-state index in [0.29, 0.717) is 11.3 Å². The van der Waals surface area contributed by atoms with E-state index < -0.39 is 5.97 Å². The summed E-state index contributed by atoms with van der Waals surface area (Å²) >= 11 is 3.34. The van der Waals surface area contributed by atoms with E-state index in [4.69, 9.17) is 4.74 Å². The molecule has 0 aliphatic heterocycles. The summed E-state index contributed by atoms with van der Waals surface area (Å²) in [5.41, 5.74) is 1.17. The zero-order valence-corrected chi connectivity index (χ0v) is 10.8. The minimum atomic E-state index is -0.521. The Kier molecular flexibility index (Phi) is 3.44. The molecule has 0 bridgehead atoms. The Labute approximate surface area is 106 Å². The lowest BCUT2D eigenvalue weighted by atomic mass is 10.3. The van der Waals surface area contributed by atoms with Crippen molar-refractivity contribution in [2.24, 2.45) is 0 Å². The van der Waals surface area contributed by atoms with Crippen molar-refractivity contribution in [2.75, 3.05) is 6.61 Å². The predicted octanol–water partition coefficient (Wildman–Crippen LogP) is 1.77. The Morgan fingerprint density at radius 2 is 2.41 bits per heavy atom. The van der Waals surface area contributed by atoms with Gasteiger partial charge in [0.05, 0.1) is 23.4 Å². The number of carbonyl (C=O) groups excluding carboxylic acids is 1. The van der Waals surface area contributed by atoms with Gasteiger partial charge in [-0.05, 0) is 35.0 Å². The fourth-order valence-electron chi connectivity index (χ4n) is 1.60. The minimum absolute atomic E-state index is 0.154. The zero-order chi connectivity index (χ0) is 12.4. The van der Waals surface area contributed by atoms with Crippen LogP contribution in [-0.4, -0.2) is 27.1 Å². The summed E-state index contributed by atoms with van der Waals surface area (Å²) in [7, 11) is 0. The van der Waals surface area contributed by atoms with E-state index in [1.165, 1.54) is 0 Å². The molecule has 0 aliphatic carbocycles. The highest BCUT2D eigenvalue weighted by Crippen LogP contribution is 2.21. The summed E-state index contributed by atoms with van der Waals surface area (Å²) in [5, 5.41) is 9.33. The van der Waals surface area contributed by atoms with Crippen LogP contribution in [-0.2, 0) is 11.3 Å². The van der Waals surface area contributed by atoms with Gasteiger partial charge in [-0.2, -0.15) is 0 Å². The topological polar surface area (TPSA) is 63.8 Å².